The summed E-state index contributed by atoms with van der Waals surface area (Å²) in [7, 11) is 0. The Morgan fingerprint density at radius 2 is 1.89 bits per heavy atom. The summed E-state index contributed by atoms with van der Waals surface area (Å²) in [6, 6.07) is 12.9. The monoisotopic (exact) mass is 273 g/mol. The van der Waals surface area contributed by atoms with Crippen LogP contribution in [0.4, 0.5) is 0 Å². The maximum atomic E-state index is 12.6. The number of nitrogens with zero attached hydrogens (tertiary/aromatic N) is 3. The molecule has 1 unspecified atom stereocenters. The first-order valence-electron chi connectivity index (χ1n) is 5.98. The van der Waals surface area contributed by atoms with Crippen molar-refractivity contribution in [2.45, 2.75) is 12.3 Å². The van der Waals surface area contributed by atoms with Gasteiger partial charge in [-0.05, 0) is 31.2 Å². The van der Waals surface area contributed by atoms with Gasteiger partial charge in [-0.1, -0.05) is 18.2 Å². The van der Waals surface area contributed by atoms with E-state index in [1.807, 2.05) is 30.3 Å². The second-order valence-electron chi connectivity index (χ2n) is 4.29. The standard InChI is InChI=1S/C14H12ClN3O/c1-10(15)13-16-17-9-5-8-12(17)14(19)18(13)11-6-3-2-4-7-11/h2-10H,1H3. The van der Waals surface area contributed by atoms with Crippen molar-refractivity contribution in [2.75, 3.05) is 0 Å². The smallest absolute Gasteiger partial charge is 0.266 e. The third-order valence-electron chi connectivity index (χ3n) is 2.96. The Kier molecular flexibility index (Phi) is 2.87. The molecule has 0 bridgehead atoms. The minimum atomic E-state index is -0.361. The number of alkyl halides is 1. The molecule has 3 rings (SSSR count). The molecule has 0 aliphatic rings. The molecule has 0 N–H and O–H groups in total. The molecule has 19 heavy (non-hydrogen) atoms. The third kappa shape index (κ3) is 1.94. The summed E-state index contributed by atoms with van der Waals surface area (Å²) in [5.74, 6) is 0.529. The minimum absolute atomic E-state index is 0.117. The Morgan fingerprint density at radius 1 is 1.16 bits per heavy atom. The fraction of sp³-hybridized carbons (Fsp3) is 0.143. The fourth-order valence-electron chi connectivity index (χ4n) is 2.09. The number of hydrogen-bond donors (Lipinski definition) is 0. The molecule has 1 atom stereocenters. The summed E-state index contributed by atoms with van der Waals surface area (Å²) >= 11 is 6.16. The molecule has 0 fully saturated rings. The van der Waals surface area contributed by atoms with Gasteiger partial charge in [0, 0.05) is 6.20 Å². The van der Waals surface area contributed by atoms with Gasteiger partial charge in [-0.25, -0.2) is 4.52 Å². The number of hydrogen-bond acceptors (Lipinski definition) is 2. The van der Waals surface area contributed by atoms with E-state index in [1.54, 1.807) is 34.3 Å². The van der Waals surface area contributed by atoms with Crippen molar-refractivity contribution < 1.29 is 0 Å². The first kappa shape index (κ1) is 12.0. The van der Waals surface area contributed by atoms with E-state index in [1.165, 1.54) is 0 Å². The summed E-state index contributed by atoms with van der Waals surface area (Å²) < 4.78 is 3.13. The lowest BCUT2D eigenvalue weighted by molar-refractivity contribution is 0.727. The SMILES string of the molecule is CC(Cl)c1nn2cccc2c(=O)n1-c1ccccc1. The highest BCUT2D eigenvalue weighted by Gasteiger charge is 2.16. The Bertz CT molecular complexity index is 774. The van der Waals surface area contributed by atoms with Crippen LogP contribution in [0.25, 0.3) is 11.2 Å². The second kappa shape index (κ2) is 4.55. The van der Waals surface area contributed by atoms with Crippen LogP contribution in [0.3, 0.4) is 0 Å². The number of benzene rings is 1. The Morgan fingerprint density at radius 3 is 2.58 bits per heavy atom. The van der Waals surface area contributed by atoms with Crippen molar-refractivity contribution in [3.63, 3.8) is 0 Å². The van der Waals surface area contributed by atoms with Crippen molar-refractivity contribution in [1.82, 2.24) is 14.2 Å². The predicted molar refractivity (Wildman–Crippen MR) is 75.1 cm³/mol. The van der Waals surface area contributed by atoms with Crippen LogP contribution >= 0.6 is 11.6 Å². The van der Waals surface area contributed by atoms with Gasteiger partial charge in [0.1, 0.15) is 5.52 Å². The number of aromatic nitrogens is 3. The molecule has 0 saturated carbocycles. The predicted octanol–water partition coefficient (Wildman–Crippen LogP) is 2.79. The van der Waals surface area contributed by atoms with Crippen molar-refractivity contribution in [1.29, 1.82) is 0 Å². The van der Waals surface area contributed by atoms with E-state index in [-0.39, 0.29) is 10.9 Å². The van der Waals surface area contributed by atoms with Crippen LogP contribution in [0, 0.1) is 0 Å². The van der Waals surface area contributed by atoms with Gasteiger partial charge in [0.15, 0.2) is 5.82 Å². The van der Waals surface area contributed by atoms with Crippen LogP contribution in [-0.4, -0.2) is 14.2 Å². The molecule has 5 heteroatoms. The molecule has 0 amide bonds. The zero-order valence-electron chi connectivity index (χ0n) is 10.3. The van der Waals surface area contributed by atoms with Gasteiger partial charge in [-0.3, -0.25) is 9.36 Å². The lowest BCUT2D eigenvalue weighted by atomic mass is 10.3. The normalized spacial score (nSPS) is 12.7. The second-order valence-corrected chi connectivity index (χ2v) is 4.94. The van der Waals surface area contributed by atoms with Gasteiger partial charge in [0.25, 0.3) is 5.56 Å². The van der Waals surface area contributed by atoms with Gasteiger partial charge in [0.2, 0.25) is 0 Å². The highest BCUT2D eigenvalue weighted by atomic mass is 35.5. The Balaban J connectivity index is 2.41. The summed E-state index contributed by atoms with van der Waals surface area (Å²) in [5, 5.41) is 4.06. The number of fused-ring (bicyclic) bond motifs is 1. The topological polar surface area (TPSA) is 39.3 Å². The van der Waals surface area contributed by atoms with Gasteiger partial charge in [0.05, 0.1) is 11.1 Å². The Hall–Kier alpha value is -2.07. The summed E-state index contributed by atoms with van der Waals surface area (Å²) in [5.41, 5.74) is 1.19. The molecule has 0 aliphatic carbocycles. The summed E-state index contributed by atoms with van der Waals surface area (Å²) in [6.45, 7) is 1.80. The van der Waals surface area contributed by atoms with E-state index in [0.717, 1.165) is 5.69 Å². The van der Waals surface area contributed by atoms with Crippen LogP contribution < -0.4 is 5.56 Å². The zero-order chi connectivity index (χ0) is 13.4. The molecule has 1 aromatic carbocycles. The lowest BCUT2D eigenvalue weighted by Gasteiger charge is -2.13. The first-order valence-corrected chi connectivity index (χ1v) is 6.42. The molecule has 2 aromatic heterocycles. The zero-order valence-corrected chi connectivity index (χ0v) is 11.1. The molecule has 0 spiro atoms. The van der Waals surface area contributed by atoms with Crippen molar-refractivity contribution in [3.8, 4) is 5.69 Å². The average molecular weight is 274 g/mol. The van der Waals surface area contributed by atoms with Gasteiger partial charge in [-0.15, -0.1) is 11.6 Å². The molecule has 0 aliphatic heterocycles. The lowest BCUT2D eigenvalue weighted by Crippen LogP contribution is -2.26. The van der Waals surface area contributed by atoms with E-state index in [2.05, 4.69) is 5.10 Å². The van der Waals surface area contributed by atoms with Crippen LogP contribution in [-0.2, 0) is 0 Å². The fourth-order valence-corrected chi connectivity index (χ4v) is 2.23. The molecular weight excluding hydrogens is 262 g/mol. The number of rotatable bonds is 2. The molecule has 0 radical (unpaired) electrons. The van der Waals surface area contributed by atoms with Gasteiger partial charge in [-0.2, -0.15) is 5.10 Å². The van der Waals surface area contributed by atoms with Crippen molar-refractivity contribution in [3.05, 3.63) is 64.8 Å². The third-order valence-corrected chi connectivity index (χ3v) is 3.16. The summed E-state index contributed by atoms with van der Waals surface area (Å²) in [4.78, 5) is 12.6. The van der Waals surface area contributed by atoms with Gasteiger partial charge >= 0.3 is 0 Å². The number of halogens is 1. The molecule has 96 valence electrons. The van der Waals surface area contributed by atoms with Crippen LogP contribution in [0.1, 0.15) is 18.1 Å². The maximum Gasteiger partial charge on any atom is 0.282 e. The molecule has 3 aromatic rings. The molecule has 0 saturated heterocycles. The average Bonchev–Trinajstić information content (AvgIpc) is 2.88. The Labute approximate surface area is 114 Å². The van der Waals surface area contributed by atoms with Crippen LogP contribution in [0.15, 0.2) is 53.5 Å². The van der Waals surface area contributed by atoms with Crippen molar-refractivity contribution >= 4 is 17.1 Å². The van der Waals surface area contributed by atoms with E-state index in [0.29, 0.717) is 11.3 Å². The van der Waals surface area contributed by atoms with E-state index in [9.17, 15) is 4.79 Å². The molecular formula is C14H12ClN3O. The van der Waals surface area contributed by atoms with E-state index in [4.69, 9.17) is 11.6 Å². The largest absolute Gasteiger partial charge is 0.282 e. The molecule has 4 nitrogen and oxygen atoms in total. The van der Waals surface area contributed by atoms with Crippen LogP contribution in [0.5, 0.6) is 0 Å². The quantitative estimate of drug-likeness (QED) is 0.674. The maximum absolute atomic E-state index is 12.6. The van der Waals surface area contributed by atoms with Crippen LogP contribution in [0.2, 0.25) is 0 Å². The highest BCUT2D eigenvalue weighted by Crippen LogP contribution is 2.19. The van der Waals surface area contributed by atoms with Crippen molar-refractivity contribution in [2.24, 2.45) is 0 Å². The van der Waals surface area contributed by atoms with E-state index >= 15 is 0 Å². The van der Waals surface area contributed by atoms with E-state index < -0.39 is 0 Å². The number of para-hydroxylation sites is 1. The summed E-state index contributed by atoms with van der Waals surface area (Å²) in [6.07, 6.45) is 1.74. The molecule has 2 heterocycles. The van der Waals surface area contributed by atoms with Gasteiger partial charge < -0.3 is 0 Å². The minimum Gasteiger partial charge on any atom is -0.266 e. The first-order chi connectivity index (χ1) is 9.18. The highest BCUT2D eigenvalue weighted by molar-refractivity contribution is 6.20.